The van der Waals surface area contributed by atoms with Gasteiger partial charge in [0.25, 0.3) is 0 Å². The quantitative estimate of drug-likeness (QED) is 0.787. The van der Waals surface area contributed by atoms with E-state index in [2.05, 4.69) is 19.2 Å². The Labute approximate surface area is 122 Å². The minimum Gasteiger partial charge on any atom is -0.481 e. The molecular formula is C16H29NO3. The van der Waals surface area contributed by atoms with Crippen LogP contribution >= 0.6 is 0 Å². The van der Waals surface area contributed by atoms with Crippen LogP contribution in [0.5, 0.6) is 0 Å². The smallest absolute Gasteiger partial charge is 0.308 e. The van der Waals surface area contributed by atoms with Gasteiger partial charge in [-0.3, -0.25) is 9.59 Å². The number of carbonyl (C=O) groups is 2. The Bertz CT molecular complexity index is 350. The van der Waals surface area contributed by atoms with Gasteiger partial charge in [-0.2, -0.15) is 0 Å². The lowest BCUT2D eigenvalue weighted by Crippen LogP contribution is -2.39. The zero-order valence-electron chi connectivity index (χ0n) is 13.2. The Morgan fingerprint density at radius 2 is 2.00 bits per heavy atom. The van der Waals surface area contributed by atoms with Gasteiger partial charge in [0.1, 0.15) is 0 Å². The van der Waals surface area contributed by atoms with E-state index in [1.54, 1.807) is 0 Å². The number of carboxylic acids is 1. The second-order valence-corrected chi connectivity index (χ2v) is 7.37. The van der Waals surface area contributed by atoms with E-state index in [1.165, 1.54) is 6.42 Å². The molecule has 4 nitrogen and oxygen atoms in total. The molecule has 0 aromatic rings. The maximum absolute atomic E-state index is 12.2. The molecule has 0 aromatic carbocycles. The standard InChI is InChI=1S/C16H29NO3/c1-11(2)8-13(15(19)20)10-17-14(18)12-6-5-7-16(3,4)9-12/h11-13H,5-10H2,1-4H3,(H,17,18)(H,19,20). The summed E-state index contributed by atoms with van der Waals surface area (Å²) in [6, 6.07) is 0. The number of hydrogen-bond acceptors (Lipinski definition) is 2. The summed E-state index contributed by atoms with van der Waals surface area (Å²) < 4.78 is 0. The van der Waals surface area contributed by atoms with Crippen molar-refractivity contribution in [3.05, 3.63) is 0 Å². The third-order valence-corrected chi connectivity index (χ3v) is 4.20. The Balaban J connectivity index is 2.47. The lowest BCUT2D eigenvalue weighted by molar-refractivity contribution is -0.142. The van der Waals surface area contributed by atoms with Crippen molar-refractivity contribution in [3.63, 3.8) is 0 Å². The Morgan fingerprint density at radius 3 is 2.50 bits per heavy atom. The molecule has 1 fully saturated rings. The molecule has 1 aliphatic rings. The van der Waals surface area contributed by atoms with E-state index in [0.29, 0.717) is 12.3 Å². The van der Waals surface area contributed by atoms with E-state index in [9.17, 15) is 14.7 Å². The average Bonchev–Trinajstić information content (AvgIpc) is 2.32. The Hall–Kier alpha value is -1.06. The molecule has 2 unspecified atom stereocenters. The van der Waals surface area contributed by atoms with E-state index in [0.717, 1.165) is 19.3 Å². The van der Waals surface area contributed by atoms with Crippen molar-refractivity contribution in [1.82, 2.24) is 5.32 Å². The zero-order valence-corrected chi connectivity index (χ0v) is 13.2. The van der Waals surface area contributed by atoms with Gasteiger partial charge in [-0.1, -0.05) is 34.1 Å². The fraction of sp³-hybridized carbons (Fsp3) is 0.875. The lowest BCUT2D eigenvalue weighted by atomic mass is 9.72. The van der Waals surface area contributed by atoms with Crippen molar-refractivity contribution in [2.75, 3.05) is 6.54 Å². The number of rotatable bonds is 6. The molecule has 4 heteroatoms. The predicted molar refractivity (Wildman–Crippen MR) is 79.3 cm³/mol. The van der Waals surface area contributed by atoms with Crippen LogP contribution in [0.4, 0.5) is 0 Å². The van der Waals surface area contributed by atoms with Crippen molar-refractivity contribution in [2.24, 2.45) is 23.2 Å². The molecule has 116 valence electrons. The summed E-state index contributed by atoms with van der Waals surface area (Å²) in [6.45, 7) is 8.66. The minimum atomic E-state index is -0.817. The molecule has 2 atom stereocenters. The summed E-state index contributed by atoms with van der Waals surface area (Å²) >= 11 is 0. The molecule has 1 saturated carbocycles. The third-order valence-electron chi connectivity index (χ3n) is 4.20. The number of aliphatic carboxylic acids is 1. The highest BCUT2D eigenvalue weighted by Crippen LogP contribution is 2.38. The Kier molecular flexibility index (Phi) is 6.03. The highest BCUT2D eigenvalue weighted by molar-refractivity contribution is 5.79. The summed E-state index contributed by atoms with van der Waals surface area (Å²) in [5.74, 6) is -0.889. The molecule has 0 saturated heterocycles. The zero-order chi connectivity index (χ0) is 15.3. The molecule has 0 spiro atoms. The van der Waals surface area contributed by atoms with Gasteiger partial charge in [-0.25, -0.2) is 0 Å². The fourth-order valence-electron chi connectivity index (χ4n) is 3.13. The first-order valence-electron chi connectivity index (χ1n) is 7.72. The summed E-state index contributed by atoms with van der Waals surface area (Å²) in [7, 11) is 0. The van der Waals surface area contributed by atoms with Crippen LogP contribution in [-0.2, 0) is 9.59 Å². The topological polar surface area (TPSA) is 66.4 Å². The second-order valence-electron chi connectivity index (χ2n) is 7.37. The SMILES string of the molecule is CC(C)CC(CNC(=O)C1CCCC(C)(C)C1)C(=O)O. The first-order chi connectivity index (χ1) is 9.21. The summed E-state index contributed by atoms with van der Waals surface area (Å²) in [4.78, 5) is 23.4. The van der Waals surface area contributed by atoms with E-state index in [1.807, 2.05) is 13.8 Å². The predicted octanol–water partition coefficient (Wildman–Crippen LogP) is 3.07. The number of nitrogens with one attached hydrogen (secondary N) is 1. The van der Waals surface area contributed by atoms with Crippen LogP contribution in [0, 0.1) is 23.2 Å². The molecular weight excluding hydrogens is 254 g/mol. The second kappa shape index (κ2) is 7.09. The van der Waals surface area contributed by atoms with Crippen LogP contribution in [0.3, 0.4) is 0 Å². The van der Waals surface area contributed by atoms with E-state index >= 15 is 0 Å². The van der Waals surface area contributed by atoms with Gasteiger partial charge in [-0.15, -0.1) is 0 Å². The number of hydrogen-bond donors (Lipinski definition) is 2. The van der Waals surface area contributed by atoms with Crippen molar-refractivity contribution in [3.8, 4) is 0 Å². The maximum atomic E-state index is 12.2. The number of carboxylic acid groups (broad SMARTS) is 1. The average molecular weight is 283 g/mol. The molecule has 1 amide bonds. The van der Waals surface area contributed by atoms with Crippen LogP contribution in [-0.4, -0.2) is 23.5 Å². The Morgan fingerprint density at radius 1 is 1.35 bits per heavy atom. The van der Waals surface area contributed by atoms with Crippen molar-refractivity contribution in [1.29, 1.82) is 0 Å². The largest absolute Gasteiger partial charge is 0.481 e. The minimum absolute atomic E-state index is 0.0350. The lowest BCUT2D eigenvalue weighted by Gasteiger charge is -2.34. The van der Waals surface area contributed by atoms with Gasteiger partial charge in [-0.05, 0) is 37.0 Å². The third kappa shape index (κ3) is 5.51. The first kappa shape index (κ1) is 17.0. The summed E-state index contributed by atoms with van der Waals surface area (Å²) in [5, 5.41) is 12.0. The van der Waals surface area contributed by atoms with Gasteiger partial charge in [0.15, 0.2) is 0 Å². The molecule has 0 radical (unpaired) electrons. The van der Waals surface area contributed by atoms with Crippen LogP contribution in [0.25, 0.3) is 0 Å². The normalized spacial score (nSPS) is 23.4. The van der Waals surface area contributed by atoms with Gasteiger partial charge in [0.05, 0.1) is 5.92 Å². The van der Waals surface area contributed by atoms with Crippen LogP contribution in [0.15, 0.2) is 0 Å². The molecule has 0 bridgehead atoms. The van der Waals surface area contributed by atoms with E-state index in [4.69, 9.17) is 0 Å². The van der Waals surface area contributed by atoms with E-state index < -0.39 is 11.9 Å². The van der Waals surface area contributed by atoms with E-state index in [-0.39, 0.29) is 23.8 Å². The van der Waals surface area contributed by atoms with Crippen LogP contribution < -0.4 is 5.32 Å². The van der Waals surface area contributed by atoms with Gasteiger partial charge >= 0.3 is 5.97 Å². The highest BCUT2D eigenvalue weighted by Gasteiger charge is 2.32. The van der Waals surface area contributed by atoms with Crippen LogP contribution in [0.2, 0.25) is 0 Å². The summed E-state index contributed by atoms with van der Waals surface area (Å²) in [5.41, 5.74) is 0.227. The monoisotopic (exact) mass is 283 g/mol. The molecule has 2 N–H and O–H groups in total. The first-order valence-corrected chi connectivity index (χ1v) is 7.72. The van der Waals surface area contributed by atoms with Gasteiger partial charge < -0.3 is 10.4 Å². The van der Waals surface area contributed by atoms with Gasteiger partial charge in [0.2, 0.25) is 5.91 Å². The molecule has 0 aliphatic heterocycles. The maximum Gasteiger partial charge on any atom is 0.308 e. The molecule has 0 heterocycles. The fourth-order valence-corrected chi connectivity index (χ4v) is 3.13. The molecule has 1 rings (SSSR count). The molecule has 20 heavy (non-hydrogen) atoms. The number of carbonyl (C=O) groups excluding carboxylic acids is 1. The summed E-state index contributed by atoms with van der Waals surface area (Å²) in [6.07, 6.45) is 4.69. The molecule has 0 aromatic heterocycles. The number of amides is 1. The molecule has 1 aliphatic carbocycles. The van der Waals surface area contributed by atoms with Crippen molar-refractivity contribution < 1.29 is 14.7 Å². The van der Waals surface area contributed by atoms with Crippen molar-refractivity contribution in [2.45, 2.75) is 59.8 Å². The highest BCUT2D eigenvalue weighted by atomic mass is 16.4. The van der Waals surface area contributed by atoms with Crippen LogP contribution in [0.1, 0.15) is 59.8 Å². The van der Waals surface area contributed by atoms with Crippen molar-refractivity contribution >= 4 is 11.9 Å². The van der Waals surface area contributed by atoms with Gasteiger partial charge in [0, 0.05) is 12.5 Å².